The van der Waals surface area contributed by atoms with E-state index in [-0.39, 0.29) is 16.3 Å². The number of nitrogens with two attached hydrogens (primary N) is 1. The van der Waals surface area contributed by atoms with Gasteiger partial charge in [0.1, 0.15) is 11.4 Å². The molecule has 2 N–H and O–H groups in total. The van der Waals surface area contributed by atoms with Gasteiger partial charge in [-0.15, -0.1) is 0 Å². The Bertz CT molecular complexity index is 1810. The summed E-state index contributed by atoms with van der Waals surface area (Å²) in [6.07, 6.45) is -6.22. The number of fused-ring (bicyclic) bond motifs is 1. The van der Waals surface area contributed by atoms with Gasteiger partial charge in [0.2, 0.25) is 5.91 Å². The molecule has 9 heteroatoms. The number of hydrogen-bond donors (Lipinski definition) is 1. The second-order valence-electron chi connectivity index (χ2n) is 7.18. The Hall–Kier alpha value is -4.14. The summed E-state index contributed by atoms with van der Waals surface area (Å²) in [4.78, 5) is 40.3. The van der Waals surface area contributed by atoms with Gasteiger partial charge < -0.3 is 20.3 Å². The maximum atomic E-state index is 14.1. The van der Waals surface area contributed by atoms with Crippen LogP contribution in [0.25, 0.3) is 5.69 Å². The SMILES string of the molecule is [2H]c1c([2H])c(N2C(=O)C([2H])([2H])CCC2([2H])[2H])c([2H])c([2H])c1N1CC([2H])([2H])c2c(C(N)=O)nn(-c3ccc(OC([2H])([2H])[2H])cc3)c2C1=O. The summed E-state index contributed by atoms with van der Waals surface area (Å²) in [5.41, 5.74) is 2.18. The monoisotopic (exact) mass is 472 g/mol. The van der Waals surface area contributed by atoms with E-state index in [1.807, 2.05) is 0 Å². The smallest absolute Gasteiger partial charge is 0.277 e. The summed E-state index contributed by atoms with van der Waals surface area (Å²) >= 11 is 0. The molecule has 0 aliphatic carbocycles. The van der Waals surface area contributed by atoms with E-state index in [1.54, 1.807) is 0 Å². The summed E-state index contributed by atoms with van der Waals surface area (Å²) in [7, 11) is -2.78. The van der Waals surface area contributed by atoms with Crippen LogP contribution in [0.5, 0.6) is 5.75 Å². The molecule has 3 heterocycles. The highest BCUT2D eigenvalue weighted by Gasteiger charge is 2.34. The van der Waals surface area contributed by atoms with Crippen molar-refractivity contribution >= 4 is 29.1 Å². The van der Waals surface area contributed by atoms with Gasteiger partial charge in [0.05, 0.1) is 22.3 Å². The summed E-state index contributed by atoms with van der Waals surface area (Å²) in [5, 5.41) is 4.05. The first-order valence-electron chi connectivity index (χ1n) is 16.5. The van der Waals surface area contributed by atoms with Crippen LogP contribution >= 0.6 is 0 Å². The molecule has 0 spiro atoms. The molecule has 2 aliphatic heterocycles. The molecule has 0 atom stereocenters. The molecule has 1 aromatic heterocycles. The Labute approximate surface area is 215 Å². The van der Waals surface area contributed by atoms with Gasteiger partial charge in [-0.05, 0) is 67.6 Å². The first kappa shape index (κ1) is 11.3. The number of rotatable bonds is 5. The number of hydrogen-bond acceptors (Lipinski definition) is 5. The lowest BCUT2D eigenvalue weighted by Crippen LogP contribution is -2.39. The first-order chi connectivity index (χ1) is 21.5. The van der Waals surface area contributed by atoms with Crippen molar-refractivity contribution in [3.05, 3.63) is 65.4 Å². The van der Waals surface area contributed by atoms with Crippen LogP contribution in [0.4, 0.5) is 11.4 Å². The summed E-state index contributed by atoms with van der Waals surface area (Å²) in [5.74, 6) is -3.84. The molecule has 0 unspecified atom stereocenters. The maximum absolute atomic E-state index is 14.1. The average molecular weight is 473 g/mol. The van der Waals surface area contributed by atoms with E-state index >= 15 is 0 Å². The molecule has 0 saturated carbocycles. The van der Waals surface area contributed by atoms with Crippen LogP contribution in [-0.2, 0) is 11.2 Å². The van der Waals surface area contributed by atoms with Crippen molar-refractivity contribution in [1.82, 2.24) is 9.78 Å². The van der Waals surface area contributed by atoms with Crippen molar-refractivity contribution in [2.75, 3.05) is 29.9 Å². The Morgan fingerprint density at radius 1 is 1.06 bits per heavy atom. The lowest BCUT2D eigenvalue weighted by Gasteiger charge is -2.29. The normalized spacial score (nSPS) is 26.3. The van der Waals surface area contributed by atoms with E-state index in [2.05, 4.69) is 5.10 Å². The molecule has 1 saturated heterocycles. The molecule has 2 aliphatic rings. The fraction of sp³-hybridized carbons (Fsp3) is 0.280. The molecular weight excluding hydrogens is 434 g/mol. The Kier molecular flexibility index (Phi) is 2.88. The fourth-order valence-electron chi connectivity index (χ4n) is 3.55. The van der Waals surface area contributed by atoms with Crippen LogP contribution in [0.15, 0.2) is 48.4 Å². The first-order valence-corrected chi connectivity index (χ1v) is 10.00. The van der Waals surface area contributed by atoms with Crippen molar-refractivity contribution in [3.8, 4) is 11.4 Å². The molecule has 5 rings (SSSR count). The quantitative estimate of drug-likeness (QED) is 0.614. The highest BCUT2D eigenvalue weighted by atomic mass is 16.5. The number of ether oxygens (including phenoxy) is 1. The maximum Gasteiger partial charge on any atom is 0.277 e. The molecule has 3 amide bonds. The van der Waals surface area contributed by atoms with Crippen LogP contribution in [0.2, 0.25) is 0 Å². The van der Waals surface area contributed by atoms with Crippen molar-refractivity contribution in [1.29, 1.82) is 0 Å². The van der Waals surface area contributed by atoms with Crippen molar-refractivity contribution in [2.24, 2.45) is 5.73 Å². The zero-order valence-corrected chi connectivity index (χ0v) is 17.4. The molecule has 1 fully saturated rings. The number of anilines is 2. The Morgan fingerprint density at radius 2 is 1.76 bits per heavy atom. The minimum atomic E-state index is -2.78. The molecular formula is C25H25N5O4. The summed E-state index contributed by atoms with van der Waals surface area (Å²) < 4.78 is 112. The molecule has 174 valence electrons. The minimum Gasteiger partial charge on any atom is -0.497 e. The topological polar surface area (TPSA) is 111 Å². The third kappa shape index (κ3) is 3.68. The second-order valence-corrected chi connectivity index (χ2v) is 7.18. The molecule has 0 radical (unpaired) electrons. The summed E-state index contributed by atoms with van der Waals surface area (Å²) in [6.45, 7) is -3.54. The lowest BCUT2D eigenvalue weighted by molar-refractivity contribution is -0.119. The van der Waals surface area contributed by atoms with Gasteiger partial charge in [-0.1, -0.05) is 0 Å². The molecule has 34 heavy (non-hydrogen) atoms. The van der Waals surface area contributed by atoms with Gasteiger partial charge in [-0.25, -0.2) is 4.68 Å². The number of piperidine rings is 1. The van der Waals surface area contributed by atoms with E-state index in [0.29, 0.717) is 4.90 Å². The van der Waals surface area contributed by atoms with Crippen LogP contribution in [-0.4, -0.2) is 47.6 Å². The van der Waals surface area contributed by atoms with E-state index in [0.717, 1.165) is 4.68 Å². The van der Waals surface area contributed by atoms with E-state index < -0.39 is 116 Å². The lowest BCUT2D eigenvalue weighted by atomic mass is 10.0. The van der Waals surface area contributed by atoms with Crippen molar-refractivity contribution in [3.63, 3.8) is 0 Å². The largest absolute Gasteiger partial charge is 0.497 e. The van der Waals surface area contributed by atoms with Crippen molar-refractivity contribution < 1.29 is 36.9 Å². The minimum absolute atomic E-state index is 0.0210. The van der Waals surface area contributed by atoms with Crippen LogP contribution < -0.4 is 20.3 Å². The second kappa shape index (κ2) is 8.66. The van der Waals surface area contributed by atoms with Gasteiger partial charge in [0.25, 0.3) is 11.8 Å². The van der Waals surface area contributed by atoms with Crippen molar-refractivity contribution in [2.45, 2.75) is 25.6 Å². The summed E-state index contributed by atoms with van der Waals surface area (Å²) in [6, 6.07) is 1.03. The number of primary amides is 1. The van der Waals surface area contributed by atoms with Crippen LogP contribution in [0.3, 0.4) is 0 Å². The number of amides is 3. The van der Waals surface area contributed by atoms with E-state index in [4.69, 9.17) is 28.3 Å². The number of nitrogens with zero attached hydrogens (tertiary/aromatic N) is 4. The van der Waals surface area contributed by atoms with Gasteiger partial charge in [0, 0.05) is 44.6 Å². The van der Waals surface area contributed by atoms with Gasteiger partial charge >= 0.3 is 0 Å². The van der Waals surface area contributed by atoms with Gasteiger partial charge in [-0.3, -0.25) is 14.4 Å². The molecule has 3 aromatic rings. The Morgan fingerprint density at radius 3 is 2.44 bits per heavy atom. The number of methoxy groups -OCH3 is 1. The van der Waals surface area contributed by atoms with Crippen LogP contribution in [0, 0.1) is 0 Å². The van der Waals surface area contributed by atoms with E-state index in [1.165, 1.54) is 24.3 Å². The average Bonchev–Trinajstić information content (AvgIpc) is 3.37. The third-order valence-electron chi connectivity index (χ3n) is 5.15. The highest BCUT2D eigenvalue weighted by Crippen LogP contribution is 2.31. The highest BCUT2D eigenvalue weighted by molar-refractivity contribution is 6.09. The molecule has 2 aromatic carbocycles. The number of carbonyl (C=O) groups excluding carboxylic acids is 3. The molecule has 0 bridgehead atoms. The standard InChI is InChI=1S/C25H25N5O4/c1-34-19-11-9-18(10-12-19)30-23-20(22(27-30)24(26)32)13-15-29(25(23)33)17-7-5-16(6-8-17)28-14-3-2-4-21(28)31/h5-12H,2-4,13-15H2,1H3,(H2,26,32)/i1D3,4D2,5D,6D,7D,8D,13D2,14D2. The number of carbonyl (C=O) groups is 3. The zero-order chi connectivity index (χ0) is 35.2. The number of aromatic nitrogens is 2. The Balaban J connectivity index is 1.68. The molecule has 9 nitrogen and oxygen atoms in total. The number of benzene rings is 2. The predicted molar refractivity (Wildman–Crippen MR) is 127 cm³/mol. The third-order valence-corrected chi connectivity index (χ3v) is 5.15. The zero-order valence-electron chi connectivity index (χ0n) is 30.4. The van der Waals surface area contributed by atoms with Gasteiger partial charge in [-0.2, -0.15) is 5.10 Å². The van der Waals surface area contributed by atoms with E-state index in [9.17, 15) is 14.4 Å². The fourth-order valence-corrected chi connectivity index (χ4v) is 3.55. The van der Waals surface area contributed by atoms with Gasteiger partial charge in [0.15, 0.2) is 5.69 Å². The van der Waals surface area contributed by atoms with Crippen LogP contribution in [0.1, 0.15) is 63.6 Å². The predicted octanol–water partition coefficient (Wildman–Crippen LogP) is 2.70.